The van der Waals surface area contributed by atoms with Crippen LogP contribution < -0.4 is 9.62 Å². The summed E-state index contributed by atoms with van der Waals surface area (Å²) in [5.41, 5.74) is 1.42. The van der Waals surface area contributed by atoms with Crippen molar-refractivity contribution in [3.63, 3.8) is 0 Å². The molecule has 0 aromatic heterocycles. The summed E-state index contributed by atoms with van der Waals surface area (Å²) in [5, 5.41) is 9.61. The maximum atomic E-state index is 12.7. The highest BCUT2D eigenvalue weighted by atomic mass is 32.2. The van der Waals surface area contributed by atoms with Crippen LogP contribution in [0.4, 0.5) is 11.4 Å². The lowest BCUT2D eigenvalue weighted by molar-refractivity contribution is 0.0698. The number of nitrogens with one attached hydrogen (secondary N) is 1. The number of aryl methyl sites for hydroxylation is 1. The summed E-state index contributed by atoms with van der Waals surface area (Å²) in [4.78, 5) is 14.0. The van der Waals surface area contributed by atoms with Crippen LogP contribution in [-0.2, 0) is 10.0 Å². The van der Waals surface area contributed by atoms with Gasteiger partial charge < -0.3 is 10.0 Å². The van der Waals surface area contributed by atoms with E-state index in [2.05, 4.69) is 16.5 Å². The zero-order valence-corrected chi connectivity index (χ0v) is 16.3. The van der Waals surface area contributed by atoms with Crippen LogP contribution >= 0.6 is 0 Å². The van der Waals surface area contributed by atoms with Crippen molar-refractivity contribution in [2.75, 3.05) is 22.7 Å². The Kier molecular flexibility index (Phi) is 5.41. The molecule has 2 N–H and O–H groups in total. The molecule has 27 heavy (non-hydrogen) atoms. The fourth-order valence-corrected chi connectivity index (χ4v) is 4.80. The van der Waals surface area contributed by atoms with Crippen LogP contribution in [0.15, 0.2) is 47.4 Å². The third-order valence-corrected chi connectivity index (χ3v) is 6.41. The molecule has 144 valence electrons. The van der Waals surface area contributed by atoms with Crippen molar-refractivity contribution < 1.29 is 18.3 Å². The van der Waals surface area contributed by atoms with E-state index in [9.17, 15) is 18.3 Å². The van der Waals surface area contributed by atoms with Crippen molar-refractivity contribution in [2.45, 2.75) is 31.6 Å². The average Bonchev–Trinajstić information content (AvgIpc) is 2.61. The van der Waals surface area contributed by atoms with E-state index in [0.717, 1.165) is 31.6 Å². The van der Waals surface area contributed by atoms with E-state index in [4.69, 9.17) is 0 Å². The minimum Gasteiger partial charge on any atom is -0.478 e. The van der Waals surface area contributed by atoms with Gasteiger partial charge in [-0.1, -0.05) is 25.1 Å². The smallest absolute Gasteiger partial charge is 0.337 e. The average molecular weight is 388 g/mol. The molecule has 0 radical (unpaired) electrons. The van der Waals surface area contributed by atoms with Gasteiger partial charge in [-0.15, -0.1) is 0 Å². The fraction of sp³-hybridized carbons (Fsp3) is 0.350. The molecule has 2 aromatic rings. The largest absolute Gasteiger partial charge is 0.478 e. The summed E-state index contributed by atoms with van der Waals surface area (Å²) in [6.07, 6.45) is 2.22. The Labute approximate surface area is 159 Å². The molecule has 0 saturated carbocycles. The second kappa shape index (κ2) is 7.60. The molecule has 0 unspecified atom stereocenters. The second-order valence-corrected chi connectivity index (χ2v) is 8.75. The third-order valence-electron chi connectivity index (χ3n) is 4.88. The van der Waals surface area contributed by atoms with E-state index in [1.54, 1.807) is 37.3 Å². The number of carbonyl (C=O) groups is 1. The molecule has 0 bridgehead atoms. The first-order valence-electron chi connectivity index (χ1n) is 8.98. The van der Waals surface area contributed by atoms with Gasteiger partial charge in [0.25, 0.3) is 10.0 Å². The van der Waals surface area contributed by atoms with E-state index in [1.807, 2.05) is 0 Å². The minimum atomic E-state index is -3.87. The fourth-order valence-electron chi connectivity index (χ4n) is 3.48. The van der Waals surface area contributed by atoms with Gasteiger partial charge in [-0.25, -0.2) is 13.2 Å². The maximum absolute atomic E-state index is 12.7. The number of hydrogen-bond acceptors (Lipinski definition) is 4. The number of hydrogen-bond donors (Lipinski definition) is 2. The molecule has 6 nitrogen and oxygen atoms in total. The van der Waals surface area contributed by atoms with E-state index in [1.165, 1.54) is 12.1 Å². The molecular formula is C20H24N2O4S. The molecule has 1 saturated heterocycles. The van der Waals surface area contributed by atoms with Gasteiger partial charge in [-0.05, 0) is 55.5 Å². The number of aromatic carboxylic acids is 1. The number of carboxylic acids is 1. The first-order valence-corrected chi connectivity index (χ1v) is 10.5. The number of carboxylic acid groups (broad SMARTS) is 1. The number of anilines is 2. The van der Waals surface area contributed by atoms with Gasteiger partial charge >= 0.3 is 5.97 Å². The number of rotatable bonds is 5. The van der Waals surface area contributed by atoms with E-state index >= 15 is 0 Å². The van der Waals surface area contributed by atoms with Gasteiger partial charge in [0.2, 0.25) is 0 Å². The van der Waals surface area contributed by atoms with Crippen LogP contribution in [0.5, 0.6) is 0 Å². The quantitative estimate of drug-likeness (QED) is 0.815. The molecule has 1 aliphatic heterocycles. The van der Waals surface area contributed by atoms with E-state index in [0.29, 0.717) is 11.5 Å². The molecule has 1 aliphatic rings. The molecule has 3 rings (SSSR count). The summed E-state index contributed by atoms with van der Waals surface area (Å²) < 4.78 is 27.9. The van der Waals surface area contributed by atoms with E-state index < -0.39 is 16.0 Å². The summed E-state index contributed by atoms with van der Waals surface area (Å²) >= 11 is 0. The Morgan fingerprint density at radius 2 is 1.96 bits per heavy atom. The van der Waals surface area contributed by atoms with Crippen molar-refractivity contribution in [1.82, 2.24) is 0 Å². The van der Waals surface area contributed by atoms with Crippen LogP contribution in [0.25, 0.3) is 0 Å². The van der Waals surface area contributed by atoms with E-state index in [-0.39, 0.29) is 16.1 Å². The zero-order chi connectivity index (χ0) is 19.6. The van der Waals surface area contributed by atoms with Crippen molar-refractivity contribution in [3.05, 3.63) is 53.6 Å². The van der Waals surface area contributed by atoms with Gasteiger partial charge in [0.1, 0.15) is 0 Å². The Bertz CT molecular complexity index is 956. The van der Waals surface area contributed by atoms with Crippen molar-refractivity contribution in [2.24, 2.45) is 5.92 Å². The Balaban J connectivity index is 1.94. The predicted molar refractivity (Wildman–Crippen MR) is 106 cm³/mol. The van der Waals surface area contributed by atoms with Crippen LogP contribution in [0.1, 0.15) is 35.7 Å². The Hall–Kier alpha value is -2.54. The second-order valence-electron chi connectivity index (χ2n) is 7.10. The molecule has 0 spiro atoms. The van der Waals surface area contributed by atoms with Gasteiger partial charge in [0, 0.05) is 18.8 Å². The number of benzene rings is 2. The highest BCUT2D eigenvalue weighted by Gasteiger charge is 2.22. The molecule has 1 heterocycles. The van der Waals surface area contributed by atoms with Gasteiger partial charge in [-0.2, -0.15) is 0 Å². The molecule has 1 atom stereocenters. The number of nitrogens with zero attached hydrogens (tertiary/aromatic N) is 1. The minimum absolute atomic E-state index is 0.0529. The molecule has 0 amide bonds. The highest BCUT2D eigenvalue weighted by Crippen LogP contribution is 2.29. The van der Waals surface area contributed by atoms with Crippen molar-refractivity contribution in [3.8, 4) is 0 Å². The van der Waals surface area contributed by atoms with Gasteiger partial charge in [0.05, 0.1) is 16.1 Å². The van der Waals surface area contributed by atoms with Crippen LogP contribution in [0.2, 0.25) is 0 Å². The Morgan fingerprint density at radius 3 is 2.63 bits per heavy atom. The Morgan fingerprint density at radius 1 is 1.22 bits per heavy atom. The first-order chi connectivity index (χ1) is 12.8. The summed E-state index contributed by atoms with van der Waals surface area (Å²) in [7, 11) is -3.87. The first kappa shape index (κ1) is 19.2. The molecule has 7 heteroatoms. The highest BCUT2D eigenvalue weighted by molar-refractivity contribution is 7.92. The van der Waals surface area contributed by atoms with Crippen LogP contribution in [-0.4, -0.2) is 32.6 Å². The lowest BCUT2D eigenvalue weighted by atomic mass is 9.99. The SMILES string of the molecule is Cc1ccccc1S(=O)(=O)Nc1ccc(N2CCC[C@H](C)C2)cc1C(=O)O. The molecule has 1 fully saturated rings. The van der Waals surface area contributed by atoms with Crippen molar-refractivity contribution >= 4 is 27.4 Å². The van der Waals surface area contributed by atoms with Crippen molar-refractivity contribution in [1.29, 1.82) is 0 Å². The van der Waals surface area contributed by atoms with Crippen LogP contribution in [0.3, 0.4) is 0 Å². The lowest BCUT2D eigenvalue weighted by Crippen LogP contribution is -2.34. The summed E-state index contributed by atoms with van der Waals surface area (Å²) in [5.74, 6) is -0.615. The lowest BCUT2D eigenvalue weighted by Gasteiger charge is -2.33. The van der Waals surface area contributed by atoms with Gasteiger partial charge in [0.15, 0.2) is 0 Å². The molecule has 0 aliphatic carbocycles. The summed E-state index contributed by atoms with van der Waals surface area (Å²) in [6, 6.07) is 11.5. The number of sulfonamides is 1. The number of piperidine rings is 1. The molecular weight excluding hydrogens is 364 g/mol. The molecule has 2 aromatic carbocycles. The summed E-state index contributed by atoms with van der Waals surface area (Å²) in [6.45, 7) is 5.62. The monoisotopic (exact) mass is 388 g/mol. The predicted octanol–water partition coefficient (Wildman–Crippen LogP) is 3.73. The zero-order valence-electron chi connectivity index (χ0n) is 15.5. The normalized spacial score (nSPS) is 17.6. The van der Waals surface area contributed by atoms with Crippen LogP contribution in [0, 0.1) is 12.8 Å². The third kappa shape index (κ3) is 4.24. The maximum Gasteiger partial charge on any atom is 0.337 e. The standard InChI is InChI=1S/C20H24N2O4S/c1-14-6-5-11-22(13-14)16-9-10-18(17(12-16)20(23)24)21-27(25,26)19-8-4-3-7-15(19)2/h3-4,7-10,12,14,21H,5-6,11,13H2,1-2H3,(H,23,24)/t14-/m0/s1. The topological polar surface area (TPSA) is 86.7 Å². The van der Waals surface area contributed by atoms with Gasteiger partial charge in [-0.3, -0.25) is 4.72 Å².